The molecule has 1 N–H and O–H groups in total. The number of nitrogens with zero attached hydrogens (tertiary/aromatic N) is 1. The van der Waals surface area contributed by atoms with Crippen LogP contribution in [0, 0.1) is 5.92 Å². The van der Waals surface area contributed by atoms with E-state index in [-0.39, 0.29) is 23.7 Å². The van der Waals surface area contributed by atoms with E-state index < -0.39 is 0 Å². The first-order valence-corrected chi connectivity index (χ1v) is 7.75. The Morgan fingerprint density at radius 2 is 2.08 bits per heavy atom. The van der Waals surface area contributed by atoms with Gasteiger partial charge in [0.2, 0.25) is 5.91 Å². The van der Waals surface area contributed by atoms with Crippen LogP contribution in [0.25, 0.3) is 0 Å². The third-order valence-electron chi connectivity index (χ3n) is 4.15. The lowest BCUT2D eigenvalue weighted by atomic mass is 10.1. The summed E-state index contributed by atoms with van der Waals surface area (Å²) in [7, 11) is 4.90. The smallest absolute Gasteiger partial charge is 0.253 e. The Bertz CT molecular complexity index is 752. The highest BCUT2D eigenvalue weighted by Gasteiger charge is 2.46. The van der Waals surface area contributed by atoms with Gasteiger partial charge < -0.3 is 19.4 Å². The summed E-state index contributed by atoms with van der Waals surface area (Å²) in [5.74, 6) is 1.14. The Kier molecular flexibility index (Phi) is 4.29. The SMILES string of the molecule is COc1ccc(C(=O)N(C)C)cc1NC(=O)C1CC1c1ccco1. The maximum Gasteiger partial charge on any atom is 0.253 e. The normalized spacial score (nSPS) is 18.8. The molecule has 2 amide bonds. The summed E-state index contributed by atoms with van der Waals surface area (Å²) in [5, 5.41) is 2.87. The molecule has 2 atom stereocenters. The van der Waals surface area contributed by atoms with Gasteiger partial charge in [0.1, 0.15) is 11.5 Å². The Morgan fingerprint density at radius 3 is 2.71 bits per heavy atom. The van der Waals surface area contributed by atoms with Gasteiger partial charge in [0.25, 0.3) is 5.91 Å². The second kappa shape index (κ2) is 6.39. The lowest BCUT2D eigenvalue weighted by Gasteiger charge is -2.14. The van der Waals surface area contributed by atoms with E-state index in [1.807, 2.05) is 12.1 Å². The number of ether oxygens (including phenoxy) is 1. The molecule has 2 unspecified atom stereocenters. The predicted molar refractivity (Wildman–Crippen MR) is 89.2 cm³/mol. The zero-order valence-corrected chi connectivity index (χ0v) is 13.9. The average Bonchev–Trinajstić information content (AvgIpc) is 3.19. The minimum absolute atomic E-state index is 0.0934. The van der Waals surface area contributed by atoms with Gasteiger partial charge in [0, 0.05) is 31.5 Å². The number of nitrogens with one attached hydrogen (secondary N) is 1. The van der Waals surface area contributed by atoms with Gasteiger partial charge in [-0.1, -0.05) is 0 Å². The maximum atomic E-state index is 12.5. The van der Waals surface area contributed by atoms with Gasteiger partial charge in [-0.3, -0.25) is 9.59 Å². The maximum absolute atomic E-state index is 12.5. The minimum atomic E-state index is -0.131. The van der Waals surface area contributed by atoms with Crippen LogP contribution in [0.4, 0.5) is 5.69 Å². The van der Waals surface area contributed by atoms with Gasteiger partial charge in [-0.25, -0.2) is 0 Å². The second-order valence-corrected chi connectivity index (χ2v) is 6.07. The van der Waals surface area contributed by atoms with Crippen LogP contribution in [0.2, 0.25) is 0 Å². The zero-order valence-electron chi connectivity index (χ0n) is 13.9. The van der Waals surface area contributed by atoms with Gasteiger partial charge in [-0.15, -0.1) is 0 Å². The molecule has 1 aromatic carbocycles. The third kappa shape index (κ3) is 3.13. The Balaban J connectivity index is 1.75. The van der Waals surface area contributed by atoms with Crippen molar-refractivity contribution in [3.63, 3.8) is 0 Å². The van der Waals surface area contributed by atoms with Crippen molar-refractivity contribution >= 4 is 17.5 Å². The molecule has 1 fully saturated rings. The first-order chi connectivity index (χ1) is 11.5. The van der Waals surface area contributed by atoms with E-state index in [0.717, 1.165) is 12.2 Å². The van der Waals surface area contributed by atoms with Gasteiger partial charge in [0.05, 0.1) is 19.1 Å². The molecule has 1 aliphatic rings. The second-order valence-electron chi connectivity index (χ2n) is 6.07. The monoisotopic (exact) mass is 328 g/mol. The molecular weight excluding hydrogens is 308 g/mol. The van der Waals surface area contributed by atoms with Crippen molar-refractivity contribution in [2.24, 2.45) is 5.92 Å². The van der Waals surface area contributed by atoms with E-state index in [0.29, 0.717) is 17.0 Å². The molecule has 6 heteroatoms. The van der Waals surface area contributed by atoms with Crippen molar-refractivity contribution in [3.8, 4) is 5.75 Å². The zero-order chi connectivity index (χ0) is 17.3. The van der Waals surface area contributed by atoms with Crippen LogP contribution >= 0.6 is 0 Å². The van der Waals surface area contributed by atoms with E-state index in [9.17, 15) is 9.59 Å². The first kappa shape index (κ1) is 16.1. The molecule has 2 aromatic rings. The number of benzene rings is 1. The van der Waals surface area contributed by atoms with Gasteiger partial charge in [-0.05, 0) is 36.8 Å². The predicted octanol–water partition coefficient (Wildman–Crippen LogP) is 2.73. The van der Waals surface area contributed by atoms with Crippen molar-refractivity contribution in [2.75, 3.05) is 26.5 Å². The van der Waals surface area contributed by atoms with Crippen molar-refractivity contribution in [1.29, 1.82) is 0 Å². The van der Waals surface area contributed by atoms with E-state index >= 15 is 0 Å². The Hall–Kier alpha value is -2.76. The molecule has 1 saturated carbocycles. The van der Waals surface area contributed by atoms with Crippen LogP contribution in [-0.2, 0) is 4.79 Å². The summed E-state index contributed by atoms with van der Waals surface area (Å²) in [6.45, 7) is 0. The third-order valence-corrected chi connectivity index (χ3v) is 4.15. The largest absolute Gasteiger partial charge is 0.495 e. The van der Waals surface area contributed by atoms with E-state index in [4.69, 9.17) is 9.15 Å². The van der Waals surface area contributed by atoms with Crippen LogP contribution < -0.4 is 10.1 Å². The molecule has 0 saturated heterocycles. The molecule has 24 heavy (non-hydrogen) atoms. The van der Waals surface area contributed by atoms with Crippen molar-refractivity contribution in [1.82, 2.24) is 4.90 Å². The molecule has 0 bridgehead atoms. The lowest BCUT2D eigenvalue weighted by molar-refractivity contribution is -0.117. The van der Waals surface area contributed by atoms with Crippen LogP contribution in [0.5, 0.6) is 5.75 Å². The standard InChI is InChI=1S/C18H20N2O4/c1-20(2)18(22)11-6-7-16(23-3)14(9-11)19-17(21)13-10-12(13)15-5-4-8-24-15/h4-9,12-13H,10H2,1-3H3,(H,19,21). The van der Waals surface area contributed by atoms with Gasteiger partial charge in [0.15, 0.2) is 0 Å². The van der Waals surface area contributed by atoms with Crippen molar-refractivity contribution < 1.29 is 18.7 Å². The molecule has 6 nitrogen and oxygen atoms in total. The molecule has 126 valence electrons. The van der Waals surface area contributed by atoms with E-state index in [2.05, 4.69) is 5.32 Å². The number of hydrogen-bond acceptors (Lipinski definition) is 4. The topological polar surface area (TPSA) is 71.8 Å². The van der Waals surface area contributed by atoms with Gasteiger partial charge >= 0.3 is 0 Å². The number of carbonyl (C=O) groups is 2. The first-order valence-electron chi connectivity index (χ1n) is 7.75. The number of carbonyl (C=O) groups excluding carboxylic acids is 2. The number of amides is 2. The van der Waals surface area contributed by atoms with E-state index in [1.165, 1.54) is 12.0 Å². The quantitative estimate of drug-likeness (QED) is 0.916. The molecule has 3 rings (SSSR count). The molecular formula is C18H20N2O4. The number of hydrogen-bond donors (Lipinski definition) is 1. The fourth-order valence-electron chi connectivity index (χ4n) is 2.72. The molecule has 1 aliphatic carbocycles. The average molecular weight is 328 g/mol. The highest BCUT2D eigenvalue weighted by molar-refractivity contribution is 5.99. The number of methoxy groups -OCH3 is 1. The number of anilines is 1. The Morgan fingerprint density at radius 1 is 1.29 bits per heavy atom. The molecule has 0 radical (unpaired) electrons. The summed E-state index contributed by atoms with van der Waals surface area (Å²) in [6, 6.07) is 8.71. The van der Waals surface area contributed by atoms with E-state index in [1.54, 1.807) is 38.6 Å². The highest BCUT2D eigenvalue weighted by Crippen LogP contribution is 2.48. The summed E-state index contributed by atoms with van der Waals surface area (Å²) in [4.78, 5) is 26.0. The lowest BCUT2D eigenvalue weighted by Crippen LogP contribution is -2.22. The summed E-state index contributed by atoms with van der Waals surface area (Å²) in [6.07, 6.45) is 2.37. The number of rotatable bonds is 5. The fourth-order valence-corrected chi connectivity index (χ4v) is 2.72. The van der Waals surface area contributed by atoms with Crippen LogP contribution in [0.3, 0.4) is 0 Å². The number of furan rings is 1. The molecule has 0 spiro atoms. The van der Waals surface area contributed by atoms with Crippen LogP contribution in [0.1, 0.15) is 28.5 Å². The van der Waals surface area contributed by atoms with Crippen molar-refractivity contribution in [2.45, 2.75) is 12.3 Å². The van der Waals surface area contributed by atoms with Crippen LogP contribution in [-0.4, -0.2) is 37.9 Å². The summed E-state index contributed by atoms with van der Waals surface area (Å²) in [5.41, 5.74) is 0.995. The Labute approximate surface area is 140 Å². The van der Waals surface area contributed by atoms with Crippen molar-refractivity contribution in [3.05, 3.63) is 47.9 Å². The summed E-state index contributed by atoms with van der Waals surface area (Å²) >= 11 is 0. The van der Waals surface area contributed by atoms with Crippen LogP contribution in [0.15, 0.2) is 41.0 Å². The molecule has 1 aromatic heterocycles. The van der Waals surface area contributed by atoms with Gasteiger partial charge in [-0.2, -0.15) is 0 Å². The summed E-state index contributed by atoms with van der Waals surface area (Å²) < 4.78 is 10.6. The highest BCUT2D eigenvalue weighted by atomic mass is 16.5. The molecule has 0 aliphatic heterocycles. The minimum Gasteiger partial charge on any atom is -0.495 e. The fraction of sp³-hybridized carbons (Fsp3) is 0.333. The molecule has 1 heterocycles.